The second kappa shape index (κ2) is 6.01. The van der Waals surface area contributed by atoms with Gasteiger partial charge in [-0.2, -0.15) is 5.10 Å². The number of hydrogen-bond acceptors (Lipinski definition) is 3. The van der Waals surface area contributed by atoms with Crippen LogP contribution in [0.4, 0.5) is 0 Å². The molecule has 0 aromatic carbocycles. The van der Waals surface area contributed by atoms with E-state index in [-0.39, 0.29) is 0 Å². The quantitative estimate of drug-likeness (QED) is 0.778. The predicted molar refractivity (Wildman–Crippen MR) is 56.6 cm³/mol. The number of halogens is 1. The van der Waals surface area contributed by atoms with E-state index in [0.717, 1.165) is 19.7 Å². The minimum atomic E-state index is 0.367. The van der Waals surface area contributed by atoms with Gasteiger partial charge in [-0.1, -0.05) is 11.6 Å². The van der Waals surface area contributed by atoms with Crippen LogP contribution < -0.4 is 5.32 Å². The maximum atomic E-state index is 5.73. The van der Waals surface area contributed by atoms with Crippen LogP contribution in [0.15, 0.2) is 12.4 Å². The molecule has 1 aromatic heterocycles. The van der Waals surface area contributed by atoms with E-state index in [1.165, 1.54) is 0 Å². The molecule has 0 fully saturated rings. The molecule has 0 aliphatic heterocycles. The summed E-state index contributed by atoms with van der Waals surface area (Å²) < 4.78 is 6.82. The minimum absolute atomic E-state index is 0.367. The highest BCUT2D eigenvalue weighted by Crippen LogP contribution is 2.03. The summed E-state index contributed by atoms with van der Waals surface area (Å²) in [4.78, 5) is 0. The SMILES string of the molecule is COCC(C)NCCn1cc(Cl)cn1. The maximum Gasteiger partial charge on any atom is 0.0785 e. The lowest BCUT2D eigenvalue weighted by Gasteiger charge is -2.12. The second-order valence-electron chi connectivity index (χ2n) is 3.23. The van der Waals surface area contributed by atoms with Crippen molar-refractivity contribution >= 4 is 11.6 Å². The van der Waals surface area contributed by atoms with Gasteiger partial charge in [0.2, 0.25) is 0 Å². The summed E-state index contributed by atoms with van der Waals surface area (Å²) in [6.45, 7) is 4.49. The number of aromatic nitrogens is 2. The van der Waals surface area contributed by atoms with Crippen molar-refractivity contribution < 1.29 is 4.74 Å². The van der Waals surface area contributed by atoms with Crippen LogP contribution in [0.1, 0.15) is 6.92 Å². The Balaban J connectivity index is 2.15. The lowest BCUT2D eigenvalue weighted by molar-refractivity contribution is 0.171. The first-order valence-corrected chi connectivity index (χ1v) is 5.00. The van der Waals surface area contributed by atoms with Gasteiger partial charge in [-0.3, -0.25) is 4.68 Å². The second-order valence-corrected chi connectivity index (χ2v) is 3.67. The Hall–Kier alpha value is -0.580. The third-order valence-electron chi connectivity index (χ3n) is 1.85. The van der Waals surface area contributed by atoms with E-state index in [1.807, 2.05) is 10.9 Å². The van der Waals surface area contributed by atoms with Crippen LogP contribution in [0.2, 0.25) is 5.02 Å². The van der Waals surface area contributed by atoms with Crippen molar-refractivity contribution in [1.29, 1.82) is 0 Å². The van der Waals surface area contributed by atoms with Gasteiger partial charge in [0.15, 0.2) is 0 Å². The van der Waals surface area contributed by atoms with Crippen LogP contribution in [-0.2, 0) is 11.3 Å². The van der Waals surface area contributed by atoms with E-state index in [1.54, 1.807) is 13.3 Å². The van der Waals surface area contributed by atoms with Crippen molar-refractivity contribution in [2.24, 2.45) is 0 Å². The fourth-order valence-electron chi connectivity index (χ4n) is 1.20. The lowest BCUT2D eigenvalue weighted by Crippen LogP contribution is -2.32. The van der Waals surface area contributed by atoms with Crippen LogP contribution in [0.3, 0.4) is 0 Å². The summed E-state index contributed by atoms with van der Waals surface area (Å²) >= 11 is 5.73. The number of ether oxygens (including phenoxy) is 1. The predicted octanol–water partition coefficient (Wildman–Crippen LogP) is 1.16. The van der Waals surface area contributed by atoms with E-state index < -0.39 is 0 Å². The fourth-order valence-corrected chi connectivity index (χ4v) is 1.35. The van der Waals surface area contributed by atoms with Crippen molar-refractivity contribution in [3.05, 3.63) is 17.4 Å². The van der Waals surface area contributed by atoms with Gasteiger partial charge in [0, 0.05) is 25.9 Å². The number of rotatable bonds is 6. The fraction of sp³-hybridized carbons (Fsp3) is 0.667. The van der Waals surface area contributed by atoms with Gasteiger partial charge in [-0.15, -0.1) is 0 Å². The molecule has 5 heteroatoms. The van der Waals surface area contributed by atoms with Crippen molar-refractivity contribution in [1.82, 2.24) is 15.1 Å². The molecule has 4 nitrogen and oxygen atoms in total. The molecule has 1 heterocycles. The van der Waals surface area contributed by atoms with Gasteiger partial charge in [0.25, 0.3) is 0 Å². The third kappa shape index (κ3) is 4.09. The van der Waals surface area contributed by atoms with E-state index in [0.29, 0.717) is 11.1 Å². The summed E-state index contributed by atoms with van der Waals surface area (Å²) in [7, 11) is 1.70. The van der Waals surface area contributed by atoms with E-state index in [9.17, 15) is 0 Å². The molecular weight excluding hydrogens is 202 g/mol. The normalized spacial score (nSPS) is 13.1. The first kappa shape index (κ1) is 11.5. The van der Waals surface area contributed by atoms with Gasteiger partial charge in [-0.25, -0.2) is 0 Å². The molecule has 14 heavy (non-hydrogen) atoms. The molecule has 0 amide bonds. The molecule has 80 valence electrons. The van der Waals surface area contributed by atoms with Gasteiger partial charge in [0.05, 0.1) is 24.4 Å². The Morgan fingerprint density at radius 1 is 1.71 bits per heavy atom. The third-order valence-corrected chi connectivity index (χ3v) is 2.05. The molecule has 0 saturated heterocycles. The molecule has 1 aromatic rings. The number of nitrogens with zero attached hydrogens (tertiary/aromatic N) is 2. The molecule has 0 spiro atoms. The molecule has 0 aliphatic rings. The molecule has 1 atom stereocenters. The van der Waals surface area contributed by atoms with Crippen LogP contribution in [0, 0.1) is 0 Å². The zero-order valence-corrected chi connectivity index (χ0v) is 9.29. The highest BCUT2D eigenvalue weighted by Gasteiger charge is 2.00. The Morgan fingerprint density at radius 3 is 3.07 bits per heavy atom. The summed E-state index contributed by atoms with van der Waals surface area (Å²) in [6.07, 6.45) is 3.45. The molecule has 1 unspecified atom stereocenters. The first-order valence-electron chi connectivity index (χ1n) is 4.62. The van der Waals surface area contributed by atoms with Crippen LogP contribution in [0.5, 0.6) is 0 Å². The first-order chi connectivity index (χ1) is 6.72. The molecular formula is C9H16ClN3O. The largest absolute Gasteiger partial charge is 0.383 e. The summed E-state index contributed by atoms with van der Waals surface area (Å²) in [5.74, 6) is 0. The highest BCUT2D eigenvalue weighted by molar-refractivity contribution is 6.30. The van der Waals surface area contributed by atoms with Gasteiger partial charge >= 0.3 is 0 Å². The molecule has 0 radical (unpaired) electrons. The average Bonchev–Trinajstić information content (AvgIpc) is 2.52. The number of methoxy groups -OCH3 is 1. The van der Waals surface area contributed by atoms with E-state index in [2.05, 4.69) is 17.3 Å². The monoisotopic (exact) mass is 217 g/mol. The van der Waals surface area contributed by atoms with Crippen molar-refractivity contribution in [3.8, 4) is 0 Å². The zero-order valence-electron chi connectivity index (χ0n) is 8.53. The molecule has 0 bridgehead atoms. The Morgan fingerprint density at radius 2 is 2.50 bits per heavy atom. The van der Waals surface area contributed by atoms with Gasteiger partial charge in [-0.05, 0) is 6.92 Å². The van der Waals surface area contributed by atoms with Crippen LogP contribution in [0.25, 0.3) is 0 Å². The van der Waals surface area contributed by atoms with Crippen LogP contribution >= 0.6 is 11.6 Å². The smallest absolute Gasteiger partial charge is 0.0785 e. The molecule has 1 rings (SSSR count). The number of nitrogens with one attached hydrogen (secondary N) is 1. The zero-order chi connectivity index (χ0) is 10.4. The molecule has 0 aliphatic carbocycles. The van der Waals surface area contributed by atoms with Crippen molar-refractivity contribution in [2.45, 2.75) is 19.5 Å². The Bertz CT molecular complexity index is 264. The van der Waals surface area contributed by atoms with E-state index in [4.69, 9.17) is 16.3 Å². The summed E-state index contributed by atoms with van der Waals surface area (Å²) in [6, 6.07) is 0.367. The van der Waals surface area contributed by atoms with Gasteiger partial charge < -0.3 is 10.1 Å². The maximum absolute atomic E-state index is 5.73. The standard InChI is InChI=1S/C9H16ClN3O/c1-8(7-14-2)11-3-4-13-6-9(10)5-12-13/h5-6,8,11H,3-4,7H2,1-2H3. The summed E-state index contributed by atoms with van der Waals surface area (Å²) in [5.41, 5.74) is 0. The summed E-state index contributed by atoms with van der Waals surface area (Å²) in [5, 5.41) is 8.06. The van der Waals surface area contributed by atoms with E-state index >= 15 is 0 Å². The van der Waals surface area contributed by atoms with Crippen molar-refractivity contribution in [3.63, 3.8) is 0 Å². The van der Waals surface area contributed by atoms with Gasteiger partial charge in [0.1, 0.15) is 0 Å². The average molecular weight is 218 g/mol. The Labute approximate surface area is 89.2 Å². The minimum Gasteiger partial charge on any atom is -0.383 e. The molecule has 0 saturated carbocycles. The topological polar surface area (TPSA) is 39.1 Å². The lowest BCUT2D eigenvalue weighted by atomic mass is 10.3. The highest BCUT2D eigenvalue weighted by atomic mass is 35.5. The van der Waals surface area contributed by atoms with Crippen LogP contribution in [-0.4, -0.2) is 36.1 Å². The number of hydrogen-bond donors (Lipinski definition) is 1. The van der Waals surface area contributed by atoms with Crippen molar-refractivity contribution in [2.75, 3.05) is 20.3 Å². The Kier molecular flexibility index (Phi) is 4.93. The molecule has 1 N–H and O–H groups in total.